The van der Waals surface area contributed by atoms with Gasteiger partial charge in [0.05, 0.1) is 24.1 Å². The molecule has 1 saturated heterocycles. The first kappa shape index (κ1) is 17.1. The number of piperidine rings is 1. The van der Waals surface area contributed by atoms with Gasteiger partial charge in [-0.3, -0.25) is 4.79 Å². The summed E-state index contributed by atoms with van der Waals surface area (Å²) in [5.41, 5.74) is 5.55. The van der Waals surface area contributed by atoms with Gasteiger partial charge in [-0.1, -0.05) is 0 Å². The zero-order valence-corrected chi connectivity index (χ0v) is 12.5. The van der Waals surface area contributed by atoms with Crippen LogP contribution in [0.3, 0.4) is 0 Å². The SMILES string of the molecule is COCC(c1cnc(N)s1)N1CC(F)(F)CCC1=O.Cl. The second-order valence-electron chi connectivity index (χ2n) is 4.45. The van der Waals surface area contributed by atoms with Crippen molar-refractivity contribution in [1.82, 2.24) is 9.88 Å². The Kier molecular flexibility index (Phi) is 5.67. The number of hydrogen-bond acceptors (Lipinski definition) is 5. The minimum atomic E-state index is -2.85. The number of halogens is 3. The van der Waals surface area contributed by atoms with Crippen LogP contribution in [-0.4, -0.2) is 42.0 Å². The summed E-state index contributed by atoms with van der Waals surface area (Å²) in [7, 11) is 1.46. The fraction of sp³-hybridized carbons (Fsp3) is 0.636. The predicted molar refractivity (Wildman–Crippen MR) is 74.3 cm³/mol. The van der Waals surface area contributed by atoms with Crippen molar-refractivity contribution < 1.29 is 18.3 Å². The lowest BCUT2D eigenvalue weighted by Gasteiger charge is -2.37. The smallest absolute Gasteiger partial charge is 0.265 e. The number of carbonyl (C=O) groups is 1. The van der Waals surface area contributed by atoms with Gasteiger partial charge in [-0.05, 0) is 0 Å². The van der Waals surface area contributed by atoms with Crippen LogP contribution in [0, 0.1) is 0 Å². The van der Waals surface area contributed by atoms with Gasteiger partial charge in [-0.15, -0.1) is 23.7 Å². The molecule has 9 heteroatoms. The van der Waals surface area contributed by atoms with Crippen LogP contribution in [0.1, 0.15) is 23.8 Å². The van der Waals surface area contributed by atoms with E-state index in [0.717, 1.165) is 0 Å². The predicted octanol–water partition coefficient (Wildman–Crippen LogP) is 2.09. The highest BCUT2D eigenvalue weighted by molar-refractivity contribution is 7.15. The van der Waals surface area contributed by atoms with Crippen LogP contribution in [0.25, 0.3) is 0 Å². The van der Waals surface area contributed by atoms with Crippen LogP contribution < -0.4 is 5.73 Å². The maximum Gasteiger partial charge on any atom is 0.265 e. The topological polar surface area (TPSA) is 68.5 Å². The van der Waals surface area contributed by atoms with Gasteiger partial charge in [0.1, 0.15) is 0 Å². The zero-order chi connectivity index (χ0) is 14.0. The molecule has 1 amide bonds. The summed E-state index contributed by atoms with van der Waals surface area (Å²) in [5, 5.41) is 0.340. The Bertz CT molecular complexity index is 472. The minimum absolute atomic E-state index is 0. The first-order chi connectivity index (χ1) is 8.93. The van der Waals surface area contributed by atoms with Crippen LogP contribution >= 0.6 is 23.7 Å². The third-order valence-electron chi connectivity index (χ3n) is 3.00. The summed E-state index contributed by atoms with van der Waals surface area (Å²) in [6.45, 7) is -0.443. The lowest BCUT2D eigenvalue weighted by Crippen LogP contribution is -2.48. The van der Waals surface area contributed by atoms with E-state index in [1.165, 1.54) is 29.5 Å². The molecule has 1 aliphatic heterocycles. The van der Waals surface area contributed by atoms with Crippen molar-refractivity contribution in [2.24, 2.45) is 0 Å². The normalized spacial score (nSPS) is 19.6. The summed E-state index contributed by atoms with van der Waals surface area (Å²) in [6, 6.07) is -0.557. The van der Waals surface area contributed by atoms with Crippen LogP contribution in [0.15, 0.2) is 6.20 Å². The van der Waals surface area contributed by atoms with Crippen LogP contribution in [0.2, 0.25) is 0 Å². The molecule has 2 rings (SSSR count). The monoisotopic (exact) mass is 327 g/mol. The minimum Gasteiger partial charge on any atom is -0.382 e. The van der Waals surface area contributed by atoms with Crippen molar-refractivity contribution >= 4 is 34.8 Å². The number of aromatic nitrogens is 1. The molecule has 1 unspecified atom stereocenters. The van der Waals surface area contributed by atoms with E-state index in [4.69, 9.17) is 10.5 Å². The number of nitrogens with zero attached hydrogens (tertiary/aromatic N) is 2. The lowest BCUT2D eigenvalue weighted by molar-refractivity contribution is -0.153. The summed E-state index contributed by atoms with van der Waals surface area (Å²) >= 11 is 1.18. The van der Waals surface area contributed by atoms with Gasteiger partial charge in [0.25, 0.3) is 5.92 Å². The van der Waals surface area contributed by atoms with E-state index in [2.05, 4.69) is 4.98 Å². The quantitative estimate of drug-likeness (QED) is 0.919. The van der Waals surface area contributed by atoms with E-state index >= 15 is 0 Å². The Morgan fingerprint density at radius 1 is 1.65 bits per heavy atom. The number of hydrogen-bond donors (Lipinski definition) is 1. The number of carbonyl (C=O) groups excluding carboxylic acids is 1. The van der Waals surface area contributed by atoms with Gasteiger partial charge in [0, 0.05) is 26.1 Å². The Morgan fingerprint density at radius 3 is 2.90 bits per heavy atom. The molecule has 1 aromatic rings. The van der Waals surface area contributed by atoms with Crippen molar-refractivity contribution in [3.63, 3.8) is 0 Å². The molecular weight excluding hydrogens is 312 g/mol. The Labute approximate surface area is 125 Å². The molecule has 2 N–H and O–H groups in total. The maximum absolute atomic E-state index is 13.5. The highest BCUT2D eigenvalue weighted by Gasteiger charge is 2.42. The molecule has 0 aliphatic carbocycles. The number of rotatable bonds is 4. The van der Waals surface area contributed by atoms with E-state index in [9.17, 15) is 13.6 Å². The molecule has 20 heavy (non-hydrogen) atoms. The van der Waals surface area contributed by atoms with E-state index < -0.39 is 24.9 Å². The van der Waals surface area contributed by atoms with Gasteiger partial charge >= 0.3 is 0 Å². The number of nitrogens with two attached hydrogens (primary N) is 1. The molecule has 2 heterocycles. The van der Waals surface area contributed by atoms with Crippen LogP contribution in [-0.2, 0) is 9.53 Å². The first-order valence-electron chi connectivity index (χ1n) is 5.80. The van der Waals surface area contributed by atoms with Crippen molar-refractivity contribution in [3.8, 4) is 0 Å². The highest BCUT2D eigenvalue weighted by atomic mass is 35.5. The molecule has 0 bridgehead atoms. The van der Waals surface area contributed by atoms with Crippen LogP contribution in [0.5, 0.6) is 0 Å². The molecule has 1 aliphatic rings. The Hall–Kier alpha value is -0.990. The van der Waals surface area contributed by atoms with E-state index in [1.807, 2.05) is 0 Å². The molecule has 1 atom stereocenters. The van der Waals surface area contributed by atoms with Gasteiger partial charge in [-0.25, -0.2) is 13.8 Å². The molecule has 0 radical (unpaired) electrons. The van der Waals surface area contributed by atoms with Crippen molar-refractivity contribution in [2.45, 2.75) is 24.8 Å². The van der Waals surface area contributed by atoms with Gasteiger partial charge < -0.3 is 15.4 Å². The van der Waals surface area contributed by atoms with E-state index in [0.29, 0.717) is 10.0 Å². The van der Waals surface area contributed by atoms with Crippen LogP contribution in [0.4, 0.5) is 13.9 Å². The number of alkyl halides is 2. The molecular formula is C11H16ClF2N3O2S. The number of anilines is 1. The maximum atomic E-state index is 13.5. The Morgan fingerprint density at radius 2 is 2.35 bits per heavy atom. The fourth-order valence-corrected chi connectivity index (χ4v) is 2.86. The number of likely N-dealkylation sites (tertiary alicyclic amines) is 1. The van der Waals surface area contributed by atoms with Gasteiger partial charge in [0.15, 0.2) is 5.13 Å². The van der Waals surface area contributed by atoms with E-state index in [-0.39, 0.29) is 31.3 Å². The summed E-state index contributed by atoms with van der Waals surface area (Å²) in [6.07, 6.45) is 0.956. The summed E-state index contributed by atoms with van der Waals surface area (Å²) < 4.78 is 32.0. The van der Waals surface area contributed by atoms with Gasteiger partial charge in [0.2, 0.25) is 5.91 Å². The second kappa shape index (κ2) is 6.64. The van der Waals surface area contributed by atoms with E-state index in [1.54, 1.807) is 0 Å². The lowest BCUT2D eigenvalue weighted by atomic mass is 10.0. The summed E-state index contributed by atoms with van der Waals surface area (Å²) in [5.74, 6) is -3.14. The number of nitrogen functional groups attached to an aromatic ring is 1. The highest BCUT2D eigenvalue weighted by Crippen LogP contribution is 2.35. The molecule has 0 aromatic carbocycles. The zero-order valence-electron chi connectivity index (χ0n) is 10.8. The molecule has 114 valence electrons. The largest absolute Gasteiger partial charge is 0.382 e. The molecule has 5 nitrogen and oxygen atoms in total. The fourth-order valence-electron chi connectivity index (χ4n) is 2.07. The number of amides is 1. The van der Waals surface area contributed by atoms with Crippen molar-refractivity contribution in [2.75, 3.05) is 26.0 Å². The standard InChI is InChI=1S/C11H15F2N3O2S.ClH/c1-18-5-7(8-4-15-10(14)19-8)16-6-11(12,13)3-2-9(16)17;/h4,7H,2-3,5-6H2,1H3,(H2,14,15);1H. The molecule has 0 spiro atoms. The third-order valence-corrected chi connectivity index (χ3v) is 3.93. The van der Waals surface area contributed by atoms with Crippen molar-refractivity contribution in [1.29, 1.82) is 0 Å². The first-order valence-corrected chi connectivity index (χ1v) is 6.62. The molecule has 1 aromatic heterocycles. The second-order valence-corrected chi connectivity index (χ2v) is 5.54. The molecule has 1 fully saturated rings. The third kappa shape index (κ3) is 3.77. The van der Waals surface area contributed by atoms with Gasteiger partial charge in [-0.2, -0.15) is 0 Å². The number of ether oxygens (including phenoxy) is 1. The number of thiazole rings is 1. The average molecular weight is 328 g/mol. The summed E-state index contributed by atoms with van der Waals surface area (Å²) in [4.78, 5) is 17.6. The average Bonchev–Trinajstić information content (AvgIpc) is 2.76. The number of methoxy groups -OCH3 is 1. The Balaban J connectivity index is 0.00000200. The van der Waals surface area contributed by atoms with Crippen molar-refractivity contribution in [3.05, 3.63) is 11.1 Å². The molecule has 0 saturated carbocycles.